The molecule has 0 bridgehead atoms. The molecule has 1 aromatic rings. The molecular formula is C18H27N5O2. The van der Waals surface area contributed by atoms with Crippen molar-refractivity contribution in [1.82, 2.24) is 25.5 Å². The number of nitrogens with one attached hydrogen (secondary N) is 2. The van der Waals surface area contributed by atoms with Crippen molar-refractivity contribution in [2.45, 2.75) is 51.6 Å². The van der Waals surface area contributed by atoms with Crippen LogP contribution in [-0.2, 0) is 11.3 Å². The van der Waals surface area contributed by atoms with E-state index in [0.29, 0.717) is 18.0 Å². The van der Waals surface area contributed by atoms with E-state index >= 15 is 0 Å². The summed E-state index contributed by atoms with van der Waals surface area (Å²) in [6.07, 6.45) is 8.17. The summed E-state index contributed by atoms with van der Waals surface area (Å²) in [4.78, 5) is 35.5. The first-order valence-corrected chi connectivity index (χ1v) is 9.12. The molecule has 0 radical (unpaired) electrons. The summed E-state index contributed by atoms with van der Waals surface area (Å²) in [5.41, 5.74) is -0.151. The molecule has 3 heterocycles. The molecule has 2 aliphatic rings. The van der Waals surface area contributed by atoms with E-state index in [-0.39, 0.29) is 24.4 Å². The van der Waals surface area contributed by atoms with Gasteiger partial charge in [0.25, 0.3) is 5.91 Å². The van der Waals surface area contributed by atoms with E-state index in [2.05, 4.69) is 34.4 Å². The Balaban J connectivity index is 1.84. The van der Waals surface area contributed by atoms with Gasteiger partial charge in [0, 0.05) is 12.4 Å². The maximum absolute atomic E-state index is 13.3. The lowest BCUT2D eigenvalue weighted by atomic mass is 9.74. The Hall–Kier alpha value is -2.02. The monoisotopic (exact) mass is 345 g/mol. The van der Waals surface area contributed by atoms with Crippen LogP contribution in [0.5, 0.6) is 0 Å². The average molecular weight is 345 g/mol. The van der Waals surface area contributed by atoms with Gasteiger partial charge < -0.3 is 10.6 Å². The van der Waals surface area contributed by atoms with E-state index in [1.165, 1.54) is 4.90 Å². The number of amides is 3. The molecule has 3 rings (SSSR count). The molecule has 136 valence electrons. The van der Waals surface area contributed by atoms with E-state index in [1.807, 2.05) is 0 Å². The van der Waals surface area contributed by atoms with Crippen LogP contribution in [0.2, 0.25) is 0 Å². The molecule has 1 aromatic heterocycles. The molecule has 2 N–H and O–H groups in total. The minimum Gasteiger partial charge on any atom is -0.323 e. The summed E-state index contributed by atoms with van der Waals surface area (Å²) < 4.78 is 0. The van der Waals surface area contributed by atoms with Gasteiger partial charge in [-0.1, -0.05) is 13.8 Å². The van der Waals surface area contributed by atoms with E-state index in [0.717, 1.165) is 32.4 Å². The molecule has 2 saturated heterocycles. The van der Waals surface area contributed by atoms with Crippen LogP contribution in [0.3, 0.4) is 0 Å². The van der Waals surface area contributed by atoms with Crippen molar-refractivity contribution in [3.63, 3.8) is 0 Å². The van der Waals surface area contributed by atoms with Crippen LogP contribution in [0.4, 0.5) is 4.79 Å². The highest BCUT2D eigenvalue weighted by Gasteiger charge is 2.55. The van der Waals surface area contributed by atoms with Gasteiger partial charge in [0.15, 0.2) is 0 Å². The smallest absolute Gasteiger partial charge is 0.323 e. The fourth-order valence-corrected chi connectivity index (χ4v) is 3.84. The number of hydrogen-bond acceptors (Lipinski definition) is 5. The Morgan fingerprint density at radius 1 is 1.28 bits per heavy atom. The number of rotatable bonds is 6. The zero-order valence-corrected chi connectivity index (χ0v) is 15.0. The molecule has 0 unspecified atom stereocenters. The highest BCUT2D eigenvalue weighted by atomic mass is 16.2. The number of urea groups is 1. The van der Waals surface area contributed by atoms with Gasteiger partial charge in [-0.15, -0.1) is 0 Å². The highest BCUT2D eigenvalue weighted by Crippen LogP contribution is 2.37. The number of aromatic nitrogens is 2. The Kier molecular flexibility index (Phi) is 5.32. The number of piperidine rings is 1. The van der Waals surface area contributed by atoms with Crippen LogP contribution in [0, 0.1) is 11.8 Å². The molecule has 3 amide bonds. The number of nitrogens with zero attached hydrogens (tertiary/aromatic N) is 3. The number of carbonyl (C=O) groups is 2. The number of hydrogen-bond donors (Lipinski definition) is 2. The molecule has 7 nitrogen and oxygen atoms in total. The summed E-state index contributed by atoms with van der Waals surface area (Å²) in [5.74, 6) is 0.559. The largest absolute Gasteiger partial charge is 0.325 e. The molecule has 2 fully saturated rings. The number of imide groups is 1. The van der Waals surface area contributed by atoms with Crippen LogP contribution >= 0.6 is 0 Å². The maximum Gasteiger partial charge on any atom is 0.325 e. The second kappa shape index (κ2) is 7.47. The lowest BCUT2D eigenvalue weighted by Crippen LogP contribution is -2.55. The van der Waals surface area contributed by atoms with Crippen molar-refractivity contribution in [3.8, 4) is 0 Å². The third-order valence-corrected chi connectivity index (χ3v) is 5.29. The predicted octanol–water partition coefficient (Wildman–Crippen LogP) is 1.70. The van der Waals surface area contributed by atoms with E-state index in [9.17, 15) is 9.59 Å². The topological polar surface area (TPSA) is 87.2 Å². The number of carbonyl (C=O) groups excluding carboxylic acids is 2. The lowest BCUT2D eigenvalue weighted by Gasteiger charge is -2.38. The van der Waals surface area contributed by atoms with Gasteiger partial charge in [0.2, 0.25) is 0 Å². The van der Waals surface area contributed by atoms with Gasteiger partial charge in [-0.3, -0.25) is 19.7 Å². The zero-order chi connectivity index (χ0) is 17.9. The summed E-state index contributed by atoms with van der Waals surface area (Å²) in [6.45, 7) is 6.25. The molecule has 0 aliphatic carbocycles. The third kappa shape index (κ3) is 3.66. The summed E-state index contributed by atoms with van der Waals surface area (Å²) in [7, 11) is 0. The molecule has 1 atom stereocenters. The quantitative estimate of drug-likeness (QED) is 0.766. The molecule has 0 spiro atoms. The van der Waals surface area contributed by atoms with Crippen molar-refractivity contribution < 1.29 is 9.59 Å². The van der Waals surface area contributed by atoms with Crippen LogP contribution in [0.25, 0.3) is 0 Å². The van der Waals surface area contributed by atoms with Crippen molar-refractivity contribution in [3.05, 3.63) is 24.3 Å². The average Bonchev–Trinajstić information content (AvgIpc) is 2.87. The van der Waals surface area contributed by atoms with Crippen molar-refractivity contribution >= 4 is 11.9 Å². The van der Waals surface area contributed by atoms with Crippen molar-refractivity contribution in [2.24, 2.45) is 11.8 Å². The molecule has 0 saturated carbocycles. The molecule has 25 heavy (non-hydrogen) atoms. The third-order valence-electron chi connectivity index (χ3n) is 5.29. The lowest BCUT2D eigenvalue weighted by molar-refractivity contribution is -0.134. The summed E-state index contributed by atoms with van der Waals surface area (Å²) >= 11 is 0. The van der Waals surface area contributed by atoms with Gasteiger partial charge in [-0.2, -0.15) is 0 Å². The van der Waals surface area contributed by atoms with Gasteiger partial charge >= 0.3 is 6.03 Å². The Labute approximate surface area is 148 Å². The summed E-state index contributed by atoms with van der Waals surface area (Å²) in [6, 6.07) is -0.307. The van der Waals surface area contributed by atoms with Crippen molar-refractivity contribution in [2.75, 3.05) is 13.1 Å². The SMILES string of the molecule is CC(C)CC[C@@]1(C2CCNCC2)NC(=O)N(Cc2cnccn2)C1=O. The first kappa shape index (κ1) is 17.8. The van der Waals surface area contributed by atoms with Gasteiger partial charge in [-0.25, -0.2) is 4.79 Å². The Bertz CT molecular complexity index is 615. The fraction of sp³-hybridized carbons (Fsp3) is 0.667. The first-order valence-electron chi connectivity index (χ1n) is 9.12. The molecular weight excluding hydrogens is 318 g/mol. The first-order chi connectivity index (χ1) is 12.0. The van der Waals surface area contributed by atoms with Gasteiger partial charge in [0.1, 0.15) is 5.54 Å². The zero-order valence-electron chi connectivity index (χ0n) is 15.0. The van der Waals surface area contributed by atoms with Crippen LogP contribution in [0.1, 0.15) is 45.2 Å². The normalized spacial score (nSPS) is 24.8. The Morgan fingerprint density at radius 3 is 2.68 bits per heavy atom. The summed E-state index contributed by atoms with van der Waals surface area (Å²) in [5, 5.41) is 6.42. The Morgan fingerprint density at radius 2 is 2.04 bits per heavy atom. The van der Waals surface area contributed by atoms with Crippen LogP contribution in [0.15, 0.2) is 18.6 Å². The van der Waals surface area contributed by atoms with E-state index < -0.39 is 5.54 Å². The standard InChI is InChI=1S/C18H27N5O2/c1-13(2)3-6-18(14-4-7-19-8-5-14)16(24)23(17(25)22-18)12-15-11-20-9-10-21-15/h9-11,13-14,19H,3-8,12H2,1-2H3,(H,22,25)/t18-/m0/s1. The fourth-order valence-electron chi connectivity index (χ4n) is 3.84. The van der Waals surface area contributed by atoms with Crippen LogP contribution in [-0.4, -0.2) is 45.4 Å². The molecule has 2 aliphatic heterocycles. The van der Waals surface area contributed by atoms with E-state index in [4.69, 9.17) is 0 Å². The second-order valence-electron chi connectivity index (χ2n) is 7.45. The van der Waals surface area contributed by atoms with Crippen molar-refractivity contribution in [1.29, 1.82) is 0 Å². The predicted molar refractivity (Wildman–Crippen MR) is 93.5 cm³/mol. The minimum absolute atomic E-state index is 0.101. The van der Waals surface area contributed by atoms with Gasteiger partial charge in [-0.05, 0) is 50.6 Å². The van der Waals surface area contributed by atoms with Crippen LogP contribution < -0.4 is 10.6 Å². The second-order valence-corrected chi connectivity index (χ2v) is 7.45. The van der Waals surface area contributed by atoms with E-state index in [1.54, 1.807) is 18.6 Å². The van der Waals surface area contributed by atoms with Gasteiger partial charge in [0.05, 0.1) is 18.4 Å². The minimum atomic E-state index is -0.772. The maximum atomic E-state index is 13.3. The highest BCUT2D eigenvalue weighted by molar-refractivity contribution is 6.07. The molecule has 0 aromatic carbocycles. The molecule has 7 heteroatoms.